The summed E-state index contributed by atoms with van der Waals surface area (Å²) in [6.07, 6.45) is -0.553. The predicted molar refractivity (Wildman–Crippen MR) is 173 cm³/mol. The van der Waals surface area contributed by atoms with Crippen LogP contribution in [-0.4, -0.2) is 80.8 Å². The van der Waals surface area contributed by atoms with Crippen LogP contribution in [0, 0.1) is 5.92 Å². The number of phenolic OH excluding ortho intramolecular Hbond substituents is 1. The molecule has 10 N–H and O–H groups in total. The molecule has 0 saturated carbocycles. The number of rotatable bonds is 8. The van der Waals surface area contributed by atoms with E-state index in [4.69, 9.17) is 5.73 Å². The molecule has 0 aliphatic carbocycles. The number of hydrogen-bond acceptors (Lipinski definition) is 10. The highest BCUT2D eigenvalue weighted by atomic mass is 16.4. The summed E-state index contributed by atoms with van der Waals surface area (Å²) in [5.74, 6) is -8.38. The average molecular weight is 679 g/mol. The van der Waals surface area contributed by atoms with Crippen molar-refractivity contribution in [2.24, 2.45) is 11.7 Å². The number of carbonyl (C=O) groups is 7. The third-order valence-corrected chi connectivity index (χ3v) is 8.51. The third-order valence-electron chi connectivity index (χ3n) is 8.51. The molecule has 49 heavy (non-hydrogen) atoms. The molecule has 0 fully saturated rings. The quantitative estimate of drug-likeness (QED) is 0.149. The Morgan fingerprint density at radius 2 is 1.80 bits per heavy atom. The summed E-state index contributed by atoms with van der Waals surface area (Å²) in [4.78, 5) is 91.8. The molecule has 2 aromatic rings. The Labute approximate surface area is 280 Å². The second-order valence-corrected chi connectivity index (χ2v) is 11.9. The number of aliphatic hydroxyl groups is 2. The summed E-state index contributed by atoms with van der Waals surface area (Å²) in [6, 6.07) is 3.02. The number of primary amides is 1. The van der Waals surface area contributed by atoms with Gasteiger partial charge in [0.1, 0.15) is 30.0 Å². The van der Waals surface area contributed by atoms with Crippen molar-refractivity contribution in [3.05, 3.63) is 59.8 Å². The molecule has 16 nitrogen and oxygen atoms in total. The summed E-state index contributed by atoms with van der Waals surface area (Å²) >= 11 is 0. The van der Waals surface area contributed by atoms with Gasteiger partial charge in [-0.3, -0.25) is 33.6 Å². The number of allylic oxidation sites excluding steroid dienone is 1. The lowest BCUT2D eigenvalue weighted by atomic mass is 9.83. The zero-order valence-corrected chi connectivity index (χ0v) is 26.9. The van der Waals surface area contributed by atoms with E-state index in [1.54, 1.807) is 13.8 Å². The summed E-state index contributed by atoms with van der Waals surface area (Å²) < 4.78 is 0. The van der Waals surface area contributed by atoms with Gasteiger partial charge in [-0.05, 0) is 37.2 Å². The number of nitrogens with one attached hydrogen (secondary N) is 5. The van der Waals surface area contributed by atoms with Crippen molar-refractivity contribution in [2.75, 3.05) is 5.32 Å². The summed E-state index contributed by atoms with van der Waals surface area (Å²) in [7, 11) is 0. The Hall–Kier alpha value is -5.61. The van der Waals surface area contributed by atoms with Gasteiger partial charge in [-0.2, -0.15) is 0 Å². The SMILES string of the molecule is CC=CNC(=O)[C@@H]1NC(=O)[C@H](CC(N)=O)NC(=O)[C@H](NC(=O)C(=O)[C@@H](C)CC)Cc2ccc(O)c(c2)-c2cccc3c2NC(=O)[C@]3(O)[C@@H]1O. The molecule has 2 aliphatic heterocycles. The van der Waals surface area contributed by atoms with E-state index in [9.17, 15) is 48.9 Å². The van der Waals surface area contributed by atoms with Crippen LogP contribution in [0.1, 0.15) is 44.7 Å². The van der Waals surface area contributed by atoms with Gasteiger partial charge in [-0.15, -0.1) is 0 Å². The van der Waals surface area contributed by atoms with Crippen LogP contribution >= 0.6 is 0 Å². The average Bonchev–Trinajstić information content (AvgIpc) is 3.34. The number of aromatic hydroxyl groups is 1. The molecular formula is C33H38N6O10. The largest absolute Gasteiger partial charge is 0.507 e. The zero-order chi connectivity index (χ0) is 36.2. The van der Waals surface area contributed by atoms with Gasteiger partial charge in [0, 0.05) is 29.0 Å². The molecule has 2 aliphatic rings. The highest BCUT2D eigenvalue weighted by molar-refractivity contribution is 6.37. The normalized spacial score (nSPS) is 24.3. The second-order valence-electron chi connectivity index (χ2n) is 11.9. The first kappa shape index (κ1) is 36.2. The first-order valence-electron chi connectivity index (χ1n) is 15.5. The summed E-state index contributed by atoms with van der Waals surface area (Å²) in [5.41, 5.74) is 2.95. The van der Waals surface area contributed by atoms with Gasteiger partial charge in [0.15, 0.2) is 5.60 Å². The van der Waals surface area contributed by atoms with E-state index < -0.39 is 83.4 Å². The van der Waals surface area contributed by atoms with Gasteiger partial charge in [-0.1, -0.05) is 44.2 Å². The fourth-order valence-corrected chi connectivity index (χ4v) is 5.58. The highest BCUT2D eigenvalue weighted by Gasteiger charge is 2.56. The third kappa shape index (κ3) is 7.29. The van der Waals surface area contributed by atoms with Crippen molar-refractivity contribution in [3.8, 4) is 16.9 Å². The van der Waals surface area contributed by atoms with E-state index in [1.807, 2.05) is 0 Å². The Kier molecular flexibility index (Phi) is 10.8. The van der Waals surface area contributed by atoms with E-state index in [0.29, 0.717) is 12.0 Å². The minimum atomic E-state index is -2.83. The Bertz CT molecular complexity index is 1740. The molecule has 0 saturated heterocycles. The lowest BCUT2D eigenvalue weighted by Gasteiger charge is -2.33. The van der Waals surface area contributed by atoms with Gasteiger partial charge in [-0.25, -0.2) is 0 Å². The Morgan fingerprint density at radius 1 is 1.08 bits per heavy atom. The first-order chi connectivity index (χ1) is 23.1. The van der Waals surface area contributed by atoms with Gasteiger partial charge >= 0.3 is 0 Å². The van der Waals surface area contributed by atoms with Crippen LogP contribution in [-0.2, 0) is 45.6 Å². The number of para-hydroxylation sites is 1. The molecular weight excluding hydrogens is 640 g/mol. The molecule has 0 unspecified atom stereocenters. The maximum absolute atomic E-state index is 13.7. The maximum atomic E-state index is 13.7. The maximum Gasteiger partial charge on any atom is 0.288 e. The molecule has 6 atom stereocenters. The van der Waals surface area contributed by atoms with Crippen molar-refractivity contribution in [2.45, 2.75) is 69.9 Å². The number of phenols is 1. The lowest BCUT2D eigenvalue weighted by molar-refractivity contribution is -0.155. The molecule has 0 radical (unpaired) electrons. The van der Waals surface area contributed by atoms with Crippen molar-refractivity contribution in [1.29, 1.82) is 0 Å². The van der Waals surface area contributed by atoms with Crippen molar-refractivity contribution in [3.63, 3.8) is 0 Å². The smallest absolute Gasteiger partial charge is 0.288 e. The summed E-state index contributed by atoms with van der Waals surface area (Å²) in [5, 5.41) is 46.0. The number of Topliss-reactive ketones (excluding diaryl/α,β-unsaturated/α-hetero) is 1. The number of aliphatic hydroxyl groups excluding tert-OH is 1. The number of fused-ring (bicyclic) bond motifs is 3. The number of amides is 6. The Balaban J connectivity index is 1.93. The van der Waals surface area contributed by atoms with E-state index in [1.165, 1.54) is 49.4 Å². The fourth-order valence-electron chi connectivity index (χ4n) is 5.58. The first-order valence-corrected chi connectivity index (χ1v) is 15.5. The van der Waals surface area contributed by atoms with Crippen molar-refractivity contribution < 1.29 is 48.9 Å². The van der Waals surface area contributed by atoms with E-state index in [0.717, 1.165) is 6.20 Å². The van der Waals surface area contributed by atoms with Crippen LogP contribution in [0.5, 0.6) is 5.75 Å². The molecule has 4 rings (SSSR count). The molecule has 16 heteroatoms. The molecule has 2 aromatic carbocycles. The van der Waals surface area contributed by atoms with Crippen LogP contribution in [0.3, 0.4) is 0 Å². The number of anilines is 1. The molecule has 0 spiro atoms. The van der Waals surface area contributed by atoms with Crippen LogP contribution < -0.4 is 32.3 Å². The van der Waals surface area contributed by atoms with Crippen LogP contribution in [0.2, 0.25) is 0 Å². The van der Waals surface area contributed by atoms with Crippen LogP contribution in [0.15, 0.2) is 48.7 Å². The van der Waals surface area contributed by atoms with Gasteiger partial charge in [0.2, 0.25) is 29.4 Å². The minimum Gasteiger partial charge on any atom is -0.507 e. The van der Waals surface area contributed by atoms with Crippen molar-refractivity contribution in [1.82, 2.24) is 21.3 Å². The Morgan fingerprint density at radius 3 is 2.45 bits per heavy atom. The van der Waals surface area contributed by atoms with E-state index >= 15 is 0 Å². The number of nitrogens with two attached hydrogens (primary N) is 1. The zero-order valence-electron chi connectivity index (χ0n) is 26.9. The number of carbonyl (C=O) groups excluding carboxylic acids is 7. The lowest BCUT2D eigenvalue weighted by Crippen LogP contribution is -2.64. The minimum absolute atomic E-state index is 0.0270. The van der Waals surface area contributed by atoms with Gasteiger partial charge in [0.25, 0.3) is 11.8 Å². The molecule has 6 bridgehead atoms. The van der Waals surface area contributed by atoms with Gasteiger partial charge < -0.3 is 47.6 Å². The number of hydrogen-bond donors (Lipinski definition) is 9. The molecule has 260 valence electrons. The van der Waals surface area contributed by atoms with E-state index in [2.05, 4.69) is 26.6 Å². The standard InChI is InChI=1S/C33H38N6O10/c1-4-11-35-30(46)25-27(43)33(49)19-8-6-7-17(24(19)39-32(33)48)18-12-16(9-10-22(18)40)13-20(37-31(47)26(42)15(3)5-2)28(44)36-21(14-23(34)41)29(45)38-25/h4,6-12,15,20-21,25,27,40,43,49H,5,13-14H2,1-3H3,(H2,34,41)(H,35,46)(H,36,44)(H,37,47)(H,38,45)(H,39,48)/t15-,20+,21-,25+,27+,33+/m0/s1. The van der Waals surface area contributed by atoms with E-state index in [-0.39, 0.29) is 34.5 Å². The van der Waals surface area contributed by atoms with Gasteiger partial charge in [0.05, 0.1) is 12.1 Å². The number of benzene rings is 2. The summed E-state index contributed by atoms with van der Waals surface area (Å²) in [6.45, 7) is 4.79. The number of ketones is 1. The fraction of sp³-hybridized carbons (Fsp3) is 0.364. The molecule has 6 amide bonds. The highest BCUT2D eigenvalue weighted by Crippen LogP contribution is 2.46. The van der Waals surface area contributed by atoms with Crippen LogP contribution in [0.25, 0.3) is 11.1 Å². The predicted octanol–water partition coefficient (Wildman–Crippen LogP) is -1.29. The topological polar surface area (TPSA) is 266 Å². The van der Waals surface area contributed by atoms with Crippen molar-refractivity contribution >= 4 is 46.9 Å². The molecule has 2 heterocycles. The molecule has 0 aromatic heterocycles. The second kappa shape index (κ2) is 14.7. The monoisotopic (exact) mass is 678 g/mol. The van der Waals surface area contributed by atoms with Crippen LogP contribution in [0.4, 0.5) is 5.69 Å².